The number of ether oxygens (including phenoxy) is 1. The molecule has 2 atom stereocenters. The van der Waals surface area contributed by atoms with E-state index in [1.54, 1.807) is 6.20 Å². The molecular formula is C38H49N3O. The average molecular weight is 564 g/mol. The van der Waals surface area contributed by atoms with E-state index in [0.717, 1.165) is 24.0 Å². The van der Waals surface area contributed by atoms with Crippen LogP contribution >= 0.6 is 0 Å². The van der Waals surface area contributed by atoms with Crippen LogP contribution in [0.15, 0.2) is 85.1 Å². The van der Waals surface area contributed by atoms with Crippen molar-refractivity contribution in [2.45, 2.75) is 110 Å². The second-order valence-electron chi connectivity index (χ2n) is 11.5. The topological polar surface area (TPSA) is 47.9 Å². The van der Waals surface area contributed by atoms with Gasteiger partial charge in [-0.25, -0.2) is 0 Å². The zero-order chi connectivity index (χ0) is 29.6. The highest BCUT2D eigenvalue weighted by Crippen LogP contribution is 2.41. The molecule has 0 amide bonds. The number of hydrogen-bond donors (Lipinski definition) is 0. The Kier molecular flexibility index (Phi) is 12.6. The number of rotatable bonds is 17. The highest BCUT2D eigenvalue weighted by atomic mass is 16.5. The van der Waals surface area contributed by atoms with Crippen LogP contribution in [0.5, 0.6) is 5.88 Å². The van der Waals surface area contributed by atoms with Crippen LogP contribution in [0.4, 0.5) is 0 Å². The van der Waals surface area contributed by atoms with Crippen molar-refractivity contribution in [3.05, 3.63) is 107 Å². The van der Waals surface area contributed by atoms with Gasteiger partial charge in [0.2, 0.25) is 5.88 Å². The molecule has 4 rings (SSSR count). The summed E-state index contributed by atoms with van der Waals surface area (Å²) in [5.74, 6) is 1.48. The number of aromatic nitrogens is 3. The van der Waals surface area contributed by atoms with Crippen LogP contribution in [0.2, 0.25) is 0 Å². The lowest BCUT2D eigenvalue weighted by molar-refractivity contribution is 0.230. The van der Waals surface area contributed by atoms with E-state index in [-0.39, 0.29) is 6.10 Å². The molecule has 4 aromatic rings. The number of hydrogen-bond acceptors (Lipinski definition) is 4. The van der Waals surface area contributed by atoms with E-state index < -0.39 is 0 Å². The van der Waals surface area contributed by atoms with Crippen LogP contribution in [0.25, 0.3) is 11.1 Å². The molecule has 0 aliphatic rings. The molecule has 1 heterocycles. The Morgan fingerprint density at radius 1 is 0.595 bits per heavy atom. The summed E-state index contributed by atoms with van der Waals surface area (Å²) in [4.78, 5) is 0. The third kappa shape index (κ3) is 8.06. The van der Waals surface area contributed by atoms with Crippen LogP contribution in [0.3, 0.4) is 0 Å². The van der Waals surface area contributed by atoms with Crippen molar-refractivity contribution in [3.8, 4) is 17.0 Å². The van der Waals surface area contributed by atoms with Gasteiger partial charge in [-0.2, -0.15) is 0 Å². The zero-order valence-electron chi connectivity index (χ0n) is 26.1. The lowest BCUT2D eigenvalue weighted by Gasteiger charge is -2.29. The molecule has 42 heavy (non-hydrogen) atoms. The molecule has 4 heteroatoms. The summed E-state index contributed by atoms with van der Waals surface area (Å²) in [6.45, 7) is 9.20. The maximum Gasteiger partial charge on any atom is 0.245 e. The molecule has 2 unspecified atom stereocenters. The minimum absolute atomic E-state index is 0.308. The Bertz CT molecular complexity index is 1280. The fourth-order valence-corrected chi connectivity index (χ4v) is 6.25. The van der Waals surface area contributed by atoms with E-state index in [9.17, 15) is 0 Å². The molecule has 0 saturated heterocycles. The van der Waals surface area contributed by atoms with Crippen LogP contribution in [-0.4, -0.2) is 15.4 Å². The van der Waals surface area contributed by atoms with Gasteiger partial charge in [0.05, 0.1) is 11.8 Å². The maximum atomic E-state index is 7.08. The van der Waals surface area contributed by atoms with Gasteiger partial charge in [-0.3, -0.25) is 0 Å². The lowest BCUT2D eigenvalue weighted by atomic mass is 9.81. The summed E-state index contributed by atoms with van der Waals surface area (Å²) in [6, 6.07) is 28.1. The monoisotopic (exact) mass is 563 g/mol. The van der Waals surface area contributed by atoms with E-state index in [1.165, 1.54) is 73.6 Å². The van der Waals surface area contributed by atoms with E-state index in [4.69, 9.17) is 4.74 Å². The van der Waals surface area contributed by atoms with Crippen molar-refractivity contribution in [1.82, 2.24) is 15.4 Å². The van der Waals surface area contributed by atoms with Crippen LogP contribution in [0.1, 0.15) is 132 Å². The summed E-state index contributed by atoms with van der Waals surface area (Å²) < 4.78 is 7.08. The molecule has 0 aliphatic carbocycles. The Morgan fingerprint density at radius 3 is 1.60 bits per heavy atom. The number of nitrogens with zero attached hydrogens (tertiary/aromatic N) is 3. The van der Waals surface area contributed by atoms with Gasteiger partial charge in [-0.15, -0.1) is 5.10 Å². The summed E-state index contributed by atoms with van der Waals surface area (Å²) in [6.07, 6.45) is 13.5. The van der Waals surface area contributed by atoms with E-state index >= 15 is 0 Å². The largest absolute Gasteiger partial charge is 0.463 e. The van der Waals surface area contributed by atoms with Gasteiger partial charge in [-0.1, -0.05) is 150 Å². The van der Waals surface area contributed by atoms with Gasteiger partial charge < -0.3 is 4.74 Å². The van der Waals surface area contributed by atoms with E-state index in [0.29, 0.717) is 17.7 Å². The average Bonchev–Trinajstić information content (AvgIpc) is 3.05. The molecule has 0 N–H and O–H groups in total. The lowest BCUT2D eigenvalue weighted by Crippen LogP contribution is -2.18. The SMILES string of the molecule is CCCCCC(CC)c1ccccc1C(Oc1nnncc1-c1ccccc1)c1ccccc1C(CC)CCCCC. The van der Waals surface area contributed by atoms with Gasteiger partial charge in [0.15, 0.2) is 6.10 Å². The summed E-state index contributed by atoms with van der Waals surface area (Å²) in [7, 11) is 0. The molecule has 222 valence electrons. The third-order valence-corrected chi connectivity index (χ3v) is 8.65. The Labute approximate surface area is 254 Å². The van der Waals surface area contributed by atoms with Crippen molar-refractivity contribution < 1.29 is 4.74 Å². The second kappa shape index (κ2) is 16.8. The van der Waals surface area contributed by atoms with Crippen LogP contribution in [0, 0.1) is 0 Å². The Morgan fingerprint density at radius 2 is 1.10 bits per heavy atom. The standard InChI is InChI=1S/C38H49N3O/c1-5-9-12-20-29(7-3)32-24-16-18-26-34(32)37(35-27-19-17-25-33(35)30(8-4)21-13-10-6-2)42-38-36(28-39-41-40-38)31-22-14-11-15-23-31/h11,14-19,22-30,37H,5-10,12-13,20-21H2,1-4H3. The van der Waals surface area contributed by atoms with Gasteiger partial charge in [0.1, 0.15) is 0 Å². The molecule has 0 aliphatic heterocycles. The van der Waals surface area contributed by atoms with Crippen molar-refractivity contribution in [1.29, 1.82) is 0 Å². The first-order chi connectivity index (χ1) is 20.7. The fraction of sp³-hybridized carbons (Fsp3) is 0.447. The van der Waals surface area contributed by atoms with Crippen molar-refractivity contribution in [3.63, 3.8) is 0 Å². The smallest absolute Gasteiger partial charge is 0.245 e. The first kappa shape index (κ1) is 31.4. The number of unbranched alkanes of at least 4 members (excludes halogenated alkanes) is 4. The van der Waals surface area contributed by atoms with Crippen LogP contribution < -0.4 is 4.74 Å². The normalized spacial score (nSPS) is 13.4. The fourth-order valence-electron chi connectivity index (χ4n) is 6.25. The summed E-state index contributed by atoms with van der Waals surface area (Å²) >= 11 is 0. The Balaban J connectivity index is 1.85. The Hall–Kier alpha value is -3.53. The predicted octanol–water partition coefficient (Wildman–Crippen LogP) is 10.9. The summed E-state index contributed by atoms with van der Waals surface area (Å²) in [5, 5.41) is 12.6. The van der Waals surface area contributed by atoms with Gasteiger partial charge in [0.25, 0.3) is 0 Å². The molecule has 3 aromatic carbocycles. The molecule has 0 radical (unpaired) electrons. The predicted molar refractivity (Wildman–Crippen MR) is 175 cm³/mol. The molecule has 0 saturated carbocycles. The highest BCUT2D eigenvalue weighted by Gasteiger charge is 2.28. The minimum Gasteiger partial charge on any atom is -0.463 e. The van der Waals surface area contributed by atoms with Crippen molar-refractivity contribution in [2.24, 2.45) is 0 Å². The molecule has 4 nitrogen and oxygen atoms in total. The molecule has 0 fully saturated rings. The van der Waals surface area contributed by atoms with Gasteiger partial charge in [0, 0.05) is 11.1 Å². The zero-order valence-corrected chi connectivity index (χ0v) is 26.1. The van der Waals surface area contributed by atoms with E-state index in [2.05, 4.69) is 104 Å². The number of benzene rings is 3. The van der Waals surface area contributed by atoms with Gasteiger partial charge >= 0.3 is 0 Å². The first-order valence-corrected chi connectivity index (χ1v) is 16.3. The third-order valence-electron chi connectivity index (χ3n) is 8.65. The first-order valence-electron chi connectivity index (χ1n) is 16.3. The summed E-state index contributed by atoms with van der Waals surface area (Å²) in [5.41, 5.74) is 7.11. The molecule has 0 bridgehead atoms. The van der Waals surface area contributed by atoms with E-state index in [1.807, 2.05) is 18.2 Å². The molecular weight excluding hydrogens is 514 g/mol. The van der Waals surface area contributed by atoms with Crippen molar-refractivity contribution >= 4 is 0 Å². The van der Waals surface area contributed by atoms with Crippen LogP contribution in [-0.2, 0) is 0 Å². The molecule has 0 spiro atoms. The van der Waals surface area contributed by atoms with Gasteiger partial charge in [-0.05, 0) is 59.4 Å². The highest BCUT2D eigenvalue weighted by molar-refractivity contribution is 5.67. The second-order valence-corrected chi connectivity index (χ2v) is 11.5. The quantitative estimate of drug-likeness (QED) is 0.120. The molecule has 1 aromatic heterocycles. The minimum atomic E-state index is -0.308. The van der Waals surface area contributed by atoms with Crippen molar-refractivity contribution in [2.75, 3.05) is 0 Å². The maximum absolute atomic E-state index is 7.08.